The number of anilines is 2. The minimum Gasteiger partial charge on any atom is -0.492 e. The van der Waals surface area contributed by atoms with Gasteiger partial charge >= 0.3 is 6.01 Å². The van der Waals surface area contributed by atoms with Crippen molar-refractivity contribution in [3.63, 3.8) is 0 Å². The number of hydrogen-bond acceptors (Lipinski definition) is 9. The topological polar surface area (TPSA) is 152 Å². The van der Waals surface area contributed by atoms with Gasteiger partial charge in [0.1, 0.15) is 31.1 Å². The summed E-state index contributed by atoms with van der Waals surface area (Å²) in [6.07, 6.45) is 2.38. The number of hydrogen-bond donors (Lipinski definition) is 2. The molecule has 0 saturated carbocycles. The summed E-state index contributed by atoms with van der Waals surface area (Å²) in [5, 5.41) is 10.8. The van der Waals surface area contributed by atoms with Gasteiger partial charge in [-0.15, -0.1) is 5.10 Å². The molecule has 3 heterocycles. The van der Waals surface area contributed by atoms with Crippen LogP contribution in [0, 0.1) is 6.92 Å². The highest BCUT2D eigenvalue weighted by Crippen LogP contribution is 2.21. The molecule has 4 rings (SSSR count). The second-order valence-corrected chi connectivity index (χ2v) is 8.57. The molecule has 36 heavy (non-hydrogen) atoms. The van der Waals surface area contributed by atoms with E-state index in [2.05, 4.69) is 20.5 Å². The number of aryl methyl sites for hydroxylation is 2. The molecular formula is C23H30N8O5. The molecule has 1 saturated heterocycles. The molecule has 2 aromatic heterocycles. The molecule has 1 aromatic carbocycles. The molecule has 192 valence electrons. The predicted molar refractivity (Wildman–Crippen MR) is 129 cm³/mol. The van der Waals surface area contributed by atoms with E-state index >= 15 is 0 Å². The van der Waals surface area contributed by atoms with Gasteiger partial charge in [-0.2, -0.15) is 10.1 Å². The van der Waals surface area contributed by atoms with Gasteiger partial charge in [-0.3, -0.25) is 14.3 Å². The highest BCUT2D eigenvalue weighted by Gasteiger charge is 2.33. The molecule has 1 fully saturated rings. The molecule has 1 aliphatic heterocycles. The molecule has 2 amide bonds. The SMILES string of the molecule is Cc1ccc(OCCN(C)C(=O)Cn2cc(NC(=O)C3CC(Oc4nc(N)nn4C)CO3)cn2)cc1. The Kier molecular flexibility index (Phi) is 7.68. The molecule has 3 aromatic rings. The van der Waals surface area contributed by atoms with Gasteiger partial charge in [0.25, 0.3) is 5.91 Å². The zero-order valence-corrected chi connectivity index (χ0v) is 20.5. The molecule has 13 heteroatoms. The molecule has 1 aliphatic rings. The summed E-state index contributed by atoms with van der Waals surface area (Å²) in [6.45, 7) is 3.09. The zero-order valence-electron chi connectivity index (χ0n) is 20.5. The van der Waals surface area contributed by atoms with Crippen molar-refractivity contribution in [3.8, 4) is 11.8 Å². The number of carbonyl (C=O) groups is 2. The van der Waals surface area contributed by atoms with Crippen molar-refractivity contribution >= 4 is 23.5 Å². The van der Waals surface area contributed by atoms with Crippen molar-refractivity contribution in [3.05, 3.63) is 42.2 Å². The third-order valence-electron chi connectivity index (χ3n) is 5.60. The number of carbonyl (C=O) groups excluding carboxylic acids is 2. The number of benzene rings is 1. The van der Waals surface area contributed by atoms with E-state index in [9.17, 15) is 9.59 Å². The average molecular weight is 499 g/mol. The van der Waals surface area contributed by atoms with Crippen molar-refractivity contribution < 1.29 is 23.8 Å². The maximum absolute atomic E-state index is 12.6. The summed E-state index contributed by atoms with van der Waals surface area (Å²) in [5.74, 6) is 0.413. The van der Waals surface area contributed by atoms with Crippen LogP contribution in [0.4, 0.5) is 11.6 Å². The quantitative estimate of drug-likeness (QED) is 0.410. The number of likely N-dealkylation sites (N-methyl/N-ethyl adjacent to an activating group) is 1. The molecule has 3 N–H and O–H groups in total. The highest BCUT2D eigenvalue weighted by atomic mass is 16.6. The summed E-state index contributed by atoms with van der Waals surface area (Å²) in [7, 11) is 3.37. The number of amides is 2. The summed E-state index contributed by atoms with van der Waals surface area (Å²) >= 11 is 0. The van der Waals surface area contributed by atoms with Gasteiger partial charge in [-0.25, -0.2) is 4.68 Å². The van der Waals surface area contributed by atoms with Gasteiger partial charge in [-0.05, 0) is 19.1 Å². The van der Waals surface area contributed by atoms with E-state index in [1.165, 1.54) is 15.6 Å². The molecule has 2 atom stereocenters. The van der Waals surface area contributed by atoms with Crippen LogP contribution in [-0.2, 0) is 27.9 Å². The van der Waals surface area contributed by atoms with Gasteiger partial charge < -0.3 is 30.2 Å². The Bertz CT molecular complexity index is 1190. The normalized spacial score (nSPS) is 17.1. The number of nitrogens with two attached hydrogens (primary N) is 1. The maximum atomic E-state index is 12.6. The number of rotatable bonds is 10. The largest absolute Gasteiger partial charge is 0.492 e. The lowest BCUT2D eigenvalue weighted by Crippen LogP contribution is -2.33. The number of ether oxygens (including phenoxy) is 3. The van der Waals surface area contributed by atoms with E-state index in [1.807, 2.05) is 31.2 Å². The molecule has 0 bridgehead atoms. The molecule has 0 aliphatic carbocycles. The Morgan fingerprint density at radius 2 is 2.08 bits per heavy atom. The summed E-state index contributed by atoms with van der Waals surface area (Å²) in [6, 6.07) is 8.00. The van der Waals surface area contributed by atoms with E-state index in [0.717, 1.165) is 11.3 Å². The highest BCUT2D eigenvalue weighted by molar-refractivity contribution is 5.94. The Balaban J connectivity index is 1.19. The second-order valence-electron chi connectivity index (χ2n) is 8.57. The van der Waals surface area contributed by atoms with E-state index in [1.54, 1.807) is 25.2 Å². The lowest BCUT2D eigenvalue weighted by Gasteiger charge is -2.17. The van der Waals surface area contributed by atoms with Crippen LogP contribution in [0.15, 0.2) is 36.7 Å². The van der Waals surface area contributed by atoms with Gasteiger partial charge in [0.05, 0.1) is 25.0 Å². The first-order valence-corrected chi connectivity index (χ1v) is 11.5. The van der Waals surface area contributed by atoms with Crippen LogP contribution >= 0.6 is 0 Å². The Morgan fingerprint density at radius 3 is 2.81 bits per heavy atom. The van der Waals surface area contributed by atoms with Crippen LogP contribution in [0.5, 0.6) is 11.8 Å². The smallest absolute Gasteiger partial charge is 0.316 e. The van der Waals surface area contributed by atoms with Gasteiger partial charge in [-0.1, -0.05) is 17.7 Å². The first-order chi connectivity index (χ1) is 17.3. The fraction of sp³-hybridized carbons (Fsp3) is 0.435. The zero-order chi connectivity index (χ0) is 25.7. The molecular weight excluding hydrogens is 468 g/mol. The molecule has 0 radical (unpaired) electrons. The van der Waals surface area contributed by atoms with E-state index in [-0.39, 0.29) is 43.0 Å². The first kappa shape index (κ1) is 25.0. The molecule has 13 nitrogen and oxygen atoms in total. The van der Waals surface area contributed by atoms with Crippen molar-refractivity contribution in [2.24, 2.45) is 7.05 Å². The Hall–Kier alpha value is -4.13. The van der Waals surface area contributed by atoms with Crippen molar-refractivity contribution in [2.75, 3.05) is 37.9 Å². The summed E-state index contributed by atoms with van der Waals surface area (Å²) < 4.78 is 19.9. The third kappa shape index (κ3) is 6.50. The van der Waals surface area contributed by atoms with Gasteiger partial charge in [0, 0.05) is 26.7 Å². The lowest BCUT2D eigenvalue weighted by molar-refractivity contribution is -0.131. The van der Waals surface area contributed by atoms with E-state index in [0.29, 0.717) is 25.3 Å². The van der Waals surface area contributed by atoms with Crippen LogP contribution in [0.3, 0.4) is 0 Å². The van der Waals surface area contributed by atoms with Crippen LogP contribution < -0.4 is 20.5 Å². The van der Waals surface area contributed by atoms with Gasteiger partial charge in [0.15, 0.2) is 0 Å². The first-order valence-electron chi connectivity index (χ1n) is 11.5. The van der Waals surface area contributed by atoms with E-state index in [4.69, 9.17) is 19.9 Å². The minimum atomic E-state index is -0.690. The second kappa shape index (κ2) is 11.1. The van der Waals surface area contributed by atoms with Crippen molar-refractivity contribution in [1.82, 2.24) is 29.4 Å². The van der Waals surface area contributed by atoms with Crippen LogP contribution in [0.2, 0.25) is 0 Å². The average Bonchev–Trinajstić information content (AvgIpc) is 3.56. The minimum absolute atomic E-state index is 0.0353. The Labute approximate surface area is 208 Å². The van der Waals surface area contributed by atoms with Crippen molar-refractivity contribution in [1.29, 1.82) is 0 Å². The molecule has 2 unspecified atom stereocenters. The maximum Gasteiger partial charge on any atom is 0.316 e. The van der Waals surface area contributed by atoms with Gasteiger partial charge in [0.2, 0.25) is 11.9 Å². The Morgan fingerprint density at radius 1 is 1.31 bits per heavy atom. The lowest BCUT2D eigenvalue weighted by atomic mass is 10.2. The number of aromatic nitrogens is 5. The summed E-state index contributed by atoms with van der Waals surface area (Å²) in [4.78, 5) is 30.7. The van der Waals surface area contributed by atoms with Crippen LogP contribution in [-0.4, -0.2) is 80.3 Å². The summed E-state index contributed by atoms with van der Waals surface area (Å²) in [5.41, 5.74) is 7.18. The van der Waals surface area contributed by atoms with Crippen LogP contribution in [0.1, 0.15) is 12.0 Å². The number of nitrogens with one attached hydrogen (secondary N) is 1. The standard InChI is InChI=1S/C23H30N8O5/c1-15-4-6-17(7-5-15)34-9-8-29(2)20(32)13-31-12-16(11-25-31)26-21(33)19-10-18(14-35-19)36-23-27-22(24)28-30(23)3/h4-7,11-12,18-19H,8-10,13-14H2,1-3H3,(H2,24,28)(H,26,33). The fourth-order valence-corrected chi connectivity index (χ4v) is 3.56. The molecule has 0 spiro atoms. The van der Waals surface area contributed by atoms with Crippen LogP contribution in [0.25, 0.3) is 0 Å². The third-order valence-corrected chi connectivity index (χ3v) is 5.60. The number of nitrogen functional groups attached to an aromatic ring is 1. The predicted octanol–water partition coefficient (Wildman–Crippen LogP) is 0.615. The van der Waals surface area contributed by atoms with E-state index < -0.39 is 6.10 Å². The fourth-order valence-electron chi connectivity index (χ4n) is 3.56. The monoisotopic (exact) mass is 498 g/mol. The number of nitrogens with zero attached hydrogens (tertiary/aromatic N) is 6. The van der Waals surface area contributed by atoms with Crippen molar-refractivity contribution in [2.45, 2.75) is 32.1 Å².